The van der Waals surface area contributed by atoms with E-state index in [0.29, 0.717) is 13.0 Å². The number of hydrogen-bond acceptors (Lipinski definition) is 2. The Labute approximate surface area is 113 Å². The number of hydrogen-bond donors (Lipinski definition) is 1. The molecule has 2 rings (SSSR count). The fraction of sp³-hybridized carbons (Fsp3) is 0.467. The van der Waals surface area contributed by atoms with Gasteiger partial charge in [0.25, 0.3) is 5.91 Å². The molecule has 1 aliphatic rings. The highest BCUT2D eigenvalue weighted by Crippen LogP contribution is 2.23. The molecule has 0 spiro atoms. The molecule has 1 N–H and O–H groups in total. The Bertz CT molecular complexity index is 515. The van der Waals surface area contributed by atoms with Gasteiger partial charge in [-0.2, -0.15) is 0 Å². The van der Waals surface area contributed by atoms with Crippen LogP contribution in [0.4, 0.5) is 5.69 Å². The maximum absolute atomic E-state index is 12.5. The Kier molecular flexibility index (Phi) is 3.35. The minimum absolute atomic E-state index is 0.0663. The number of carbonyl (C=O) groups is 2. The summed E-state index contributed by atoms with van der Waals surface area (Å²) in [6, 6.07) is 6.04. The average Bonchev–Trinajstić information content (AvgIpc) is 2.35. The van der Waals surface area contributed by atoms with Crippen molar-refractivity contribution in [2.45, 2.75) is 39.7 Å². The van der Waals surface area contributed by atoms with Gasteiger partial charge in [-0.15, -0.1) is 0 Å². The number of nitrogens with zero attached hydrogens (tertiary/aromatic N) is 1. The van der Waals surface area contributed by atoms with E-state index in [9.17, 15) is 9.59 Å². The van der Waals surface area contributed by atoms with E-state index >= 15 is 0 Å². The second kappa shape index (κ2) is 4.68. The van der Waals surface area contributed by atoms with Gasteiger partial charge in [0.15, 0.2) is 0 Å². The van der Waals surface area contributed by atoms with E-state index in [1.165, 1.54) is 0 Å². The number of nitrogens with one attached hydrogen (secondary N) is 1. The molecular formula is C15H20N2O2. The van der Waals surface area contributed by atoms with Crippen LogP contribution in [-0.4, -0.2) is 23.9 Å². The first-order valence-electron chi connectivity index (χ1n) is 6.51. The summed E-state index contributed by atoms with van der Waals surface area (Å²) in [6.45, 7) is 7.93. The molecule has 0 aromatic heterocycles. The Morgan fingerprint density at radius 2 is 1.68 bits per heavy atom. The first kappa shape index (κ1) is 13.6. The van der Waals surface area contributed by atoms with Gasteiger partial charge in [0.05, 0.1) is 0 Å². The normalized spacial score (nSPS) is 19.1. The fourth-order valence-corrected chi connectivity index (χ4v) is 2.47. The SMILES string of the molecule is Cc1cc(C)cc(N2CCC(=O)NC(C)(C)C2=O)c1. The zero-order valence-electron chi connectivity index (χ0n) is 11.9. The van der Waals surface area contributed by atoms with Crippen LogP contribution in [-0.2, 0) is 9.59 Å². The van der Waals surface area contributed by atoms with E-state index < -0.39 is 5.54 Å². The number of benzene rings is 1. The maximum atomic E-state index is 12.5. The van der Waals surface area contributed by atoms with E-state index in [0.717, 1.165) is 16.8 Å². The zero-order valence-corrected chi connectivity index (χ0v) is 11.9. The summed E-state index contributed by atoms with van der Waals surface area (Å²) in [5.74, 6) is -0.145. The van der Waals surface area contributed by atoms with Crippen LogP contribution in [0.15, 0.2) is 18.2 Å². The molecule has 1 aliphatic heterocycles. The molecule has 0 radical (unpaired) electrons. The summed E-state index contributed by atoms with van der Waals surface area (Å²) in [5.41, 5.74) is 2.24. The van der Waals surface area contributed by atoms with Crippen LogP contribution in [0, 0.1) is 13.8 Å². The molecule has 0 unspecified atom stereocenters. The Morgan fingerprint density at radius 3 is 2.26 bits per heavy atom. The van der Waals surface area contributed by atoms with Crippen molar-refractivity contribution in [2.24, 2.45) is 0 Å². The largest absolute Gasteiger partial charge is 0.342 e. The van der Waals surface area contributed by atoms with Gasteiger partial charge in [0.2, 0.25) is 5.91 Å². The van der Waals surface area contributed by atoms with Crippen molar-refractivity contribution >= 4 is 17.5 Å². The Balaban J connectivity index is 2.42. The smallest absolute Gasteiger partial charge is 0.252 e. The second-order valence-electron chi connectivity index (χ2n) is 5.73. The van der Waals surface area contributed by atoms with Crippen molar-refractivity contribution in [2.75, 3.05) is 11.4 Å². The predicted molar refractivity (Wildman–Crippen MR) is 75.1 cm³/mol. The molecule has 4 heteroatoms. The van der Waals surface area contributed by atoms with E-state index in [1.54, 1.807) is 18.7 Å². The lowest BCUT2D eigenvalue weighted by Gasteiger charge is -2.29. The molecule has 1 aromatic rings. The lowest BCUT2D eigenvalue weighted by Crippen LogP contribution is -2.53. The summed E-state index contributed by atoms with van der Waals surface area (Å²) >= 11 is 0. The maximum Gasteiger partial charge on any atom is 0.252 e. The van der Waals surface area contributed by atoms with Crippen molar-refractivity contribution in [3.8, 4) is 0 Å². The van der Waals surface area contributed by atoms with E-state index in [4.69, 9.17) is 0 Å². The van der Waals surface area contributed by atoms with Crippen molar-refractivity contribution in [1.82, 2.24) is 5.32 Å². The van der Waals surface area contributed by atoms with Gasteiger partial charge in [-0.1, -0.05) is 6.07 Å². The second-order valence-corrected chi connectivity index (χ2v) is 5.73. The van der Waals surface area contributed by atoms with Gasteiger partial charge >= 0.3 is 0 Å². The van der Waals surface area contributed by atoms with Gasteiger partial charge in [0, 0.05) is 18.7 Å². The highest BCUT2D eigenvalue weighted by Gasteiger charge is 2.37. The summed E-state index contributed by atoms with van der Waals surface area (Å²) in [6.07, 6.45) is 0.335. The first-order valence-corrected chi connectivity index (χ1v) is 6.51. The number of amides is 2. The monoisotopic (exact) mass is 260 g/mol. The van der Waals surface area contributed by atoms with Crippen LogP contribution in [0.5, 0.6) is 0 Å². The van der Waals surface area contributed by atoms with Gasteiger partial charge in [0.1, 0.15) is 5.54 Å². The van der Waals surface area contributed by atoms with E-state index in [1.807, 2.05) is 26.0 Å². The van der Waals surface area contributed by atoms with Crippen LogP contribution in [0.3, 0.4) is 0 Å². The molecule has 102 valence electrons. The summed E-state index contributed by atoms with van der Waals surface area (Å²) in [7, 11) is 0. The van der Waals surface area contributed by atoms with Crippen LogP contribution in [0.25, 0.3) is 0 Å². The lowest BCUT2D eigenvalue weighted by atomic mass is 10.0. The third-order valence-electron chi connectivity index (χ3n) is 3.31. The number of carbonyl (C=O) groups excluding carboxylic acids is 2. The molecule has 1 fully saturated rings. The number of rotatable bonds is 1. The molecule has 0 bridgehead atoms. The molecule has 2 amide bonds. The van der Waals surface area contributed by atoms with E-state index in [2.05, 4.69) is 11.4 Å². The lowest BCUT2D eigenvalue weighted by molar-refractivity contribution is -0.128. The molecule has 1 heterocycles. The van der Waals surface area contributed by atoms with E-state index in [-0.39, 0.29) is 11.8 Å². The van der Waals surface area contributed by atoms with Gasteiger partial charge < -0.3 is 10.2 Å². The Morgan fingerprint density at radius 1 is 1.11 bits per heavy atom. The molecule has 1 saturated heterocycles. The van der Waals surface area contributed by atoms with Crippen LogP contribution in [0.1, 0.15) is 31.4 Å². The van der Waals surface area contributed by atoms with Gasteiger partial charge in [-0.05, 0) is 51.0 Å². The molecule has 0 aliphatic carbocycles. The van der Waals surface area contributed by atoms with Crippen LogP contribution >= 0.6 is 0 Å². The molecule has 1 aromatic carbocycles. The molecule has 4 nitrogen and oxygen atoms in total. The highest BCUT2D eigenvalue weighted by atomic mass is 16.2. The zero-order chi connectivity index (χ0) is 14.2. The topological polar surface area (TPSA) is 49.4 Å². The summed E-state index contributed by atoms with van der Waals surface area (Å²) < 4.78 is 0. The highest BCUT2D eigenvalue weighted by molar-refractivity contribution is 6.03. The fourth-order valence-electron chi connectivity index (χ4n) is 2.47. The predicted octanol–water partition coefficient (Wildman–Crippen LogP) is 1.93. The van der Waals surface area contributed by atoms with Gasteiger partial charge in [-0.3, -0.25) is 9.59 Å². The van der Waals surface area contributed by atoms with Crippen molar-refractivity contribution in [1.29, 1.82) is 0 Å². The molecular weight excluding hydrogens is 240 g/mol. The summed E-state index contributed by atoms with van der Waals surface area (Å²) in [5, 5.41) is 2.77. The number of anilines is 1. The van der Waals surface area contributed by atoms with Crippen molar-refractivity contribution in [3.63, 3.8) is 0 Å². The molecule has 19 heavy (non-hydrogen) atoms. The average molecular weight is 260 g/mol. The Hall–Kier alpha value is -1.84. The first-order chi connectivity index (χ1) is 8.79. The number of aryl methyl sites for hydroxylation is 2. The third kappa shape index (κ3) is 2.78. The standard InChI is InChI=1S/C15H20N2O2/c1-10-7-11(2)9-12(8-10)17-6-5-13(18)16-15(3,4)14(17)19/h7-9H,5-6H2,1-4H3,(H,16,18). The molecule has 0 atom stereocenters. The van der Waals surface area contributed by atoms with Crippen molar-refractivity contribution in [3.05, 3.63) is 29.3 Å². The van der Waals surface area contributed by atoms with Crippen LogP contribution in [0.2, 0.25) is 0 Å². The minimum atomic E-state index is -0.856. The molecule has 0 saturated carbocycles. The minimum Gasteiger partial charge on any atom is -0.342 e. The van der Waals surface area contributed by atoms with Gasteiger partial charge in [-0.25, -0.2) is 0 Å². The van der Waals surface area contributed by atoms with Crippen molar-refractivity contribution < 1.29 is 9.59 Å². The summed E-state index contributed by atoms with van der Waals surface area (Å²) in [4.78, 5) is 25.9. The van der Waals surface area contributed by atoms with Crippen LogP contribution < -0.4 is 10.2 Å². The quantitative estimate of drug-likeness (QED) is 0.839. The third-order valence-corrected chi connectivity index (χ3v) is 3.31.